The molecule has 0 atom stereocenters. The zero-order valence-corrected chi connectivity index (χ0v) is 15.4. The Labute approximate surface area is 152 Å². The smallest absolute Gasteiger partial charge is 0.378 e. The number of unbranched alkanes of at least 4 members (excludes halogenated alkanes) is 1. The van der Waals surface area contributed by atoms with E-state index in [1.165, 1.54) is 0 Å². The number of alkyl halides is 3. The van der Waals surface area contributed by atoms with Gasteiger partial charge in [0.05, 0.1) is 13.2 Å². The summed E-state index contributed by atoms with van der Waals surface area (Å²) in [6.45, 7) is 4.46. The monoisotopic (exact) mass is 378 g/mol. The molecule has 0 saturated carbocycles. The minimum Gasteiger partial charge on any atom is -0.378 e. The normalized spacial score (nSPS) is 20.4. The molecule has 26 heavy (non-hydrogen) atoms. The first-order chi connectivity index (χ1) is 12.4. The fourth-order valence-electron chi connectivity index (χ4n) is 3.36. The van der Waals surface area contributed by atoms with Crippen molar-refractivity contribution < 1.29 is 22.7 Å². The number of morpholine rings is 1. The molecule has 0 aromatic carbocycles. The lowest BCUT2D eigenvalue weighted by atomic mass is 9.95. The zero-order valence-electron chi connectivity index (χ0n) is 15.4. The number of halogens is 3. The molecule has 2 aliphatic rings. The molecule has 1 amide bonds. The highest BCUT2D eigenvalue weighted by Gasteiger charge is 2.30. The Hall–Kier alpha value is -1.51. The maximum Gasteiger partial charge on any atom is 0.389 e. The molecule has 0 aromatic rings. The van der Waals surface area contributed by atoms with Crippen molar-refractivity contribution in [3.05, 3.63) is 0 Å². The van der Waals surface area contributed by atoms with Gasteiger partial charge >= 0.3 is 6.18 Å². The maximum atomic E-state index is 12.5. The molecule has 2 saturated heterocycles. The third-order valence-corrected chi connectivity index (χ3v) is 4.85. The van der Waals surface area contributed by atoms with E-state index in [0.717, 1.165) is 25.9 Å². The van der Waals surface area contributed by atoms with Gasteiger partial charge in [-0.15, -0.1) is 0 Å². The molecule has 2 aliphatic heterocycles. The van der Waals surface area contributed by atoms with Crippen LogP contribution in [-0.2, 0) is 9.53 Å². The third kappa shape index (κ3) is 6.66. The van der Waals surface area contributed by atoms with Crippen molar-refractivity contribution in [2.24, 2.45) is 10.9 Å². The van der Waals surface area contributed by atoms with Gasteiger partial charge < -0.3 is 19.9 Å². The van der Waals surface area contributed by atoms with E-state index in [-0.39, 0.29) is 18.2 Å². The molecular formula is C17H29F3N4O2. The first-order valence-electron chi connectivity index (χ1n) is 9.29. The Morgan fingerprint density at radius 3 is 2.35 bits per heavy atom. The molecule has 9 heteroatoms. The van der Waals surface area contributed by atoms with E-state index in [1.807, 2.05) is 4.90 Å². The van der Waals surface area contributed by atoms with Gasteiger partial charge in [-0.25, -0.2) is 0 Å². The summed E-state index contributed by atoms with van der Waals surface area (Å²) in [7, 11) is 1.67. The van der Waals surface area contributed by atoms with Crippen LogP contribution in [0.25, 0.3) is 0 Å². The standard InChI is InChI=1S/C17H29F3N4O2/c1-21-16(22-7-3-2-6-17(18,19)20)24-8-4-14(5-9-24)15(25)23-10-12-26-13-11-23/h14H,2-13H2,1H3,(H,21,22). The van der Waals surface area contributed by atoms with Gasteiger partial charge in [-0.2, -0.15) is 13.2 Å². The summed E-state index contributed by atoms with van der Waals surface area (Å²) in [6, 6.07) is 0. The number of carbonyl (C=O) groups excluding carboxylic acids is 1. The fraction of sp³-hybridized carbons (Fsp3) is 0.882. The van der Waals surface area contributed by atoms with E-state index < -0.39 is 12.6 Å². The van der Waals surface area contributed by atoms with E-state index in [2.05, 4.69) is 15.2 Å². The largest absolute Gasteiger partial charge is 0.389 e. The number of nitrogens with one attached hydrogen (secondary N) is 1. The van der Waals surface area contributed by atoms with E-state index in [9.17, 15) is 18.0 Å². The van der Waals surface area contributed by atoms with Crippen molar-refractivity contribution in [2.75, 3.05) is 53.0 Å². The van der Waals surface area contributed by atoms with Gasteiger partial charge in [0, 0.05) is 52.1 Å². The Morgan fingerprint density at radius 1 is 1.12 bits per heavy atom. The average Bonchev–Trinajstić information content (AvgIpc) is 2.64. The summed E-state index contributed by atoms with van der Waals surface area (Å²) in [5.74, 6) is 0.951. The van der Waals surface area contributed by atoms with Gasteiger partial charge in [-0.3, -0.25) is 9.79 Å². The average molecular weight is 378 g/mol. The summed E-state index contributed by atoms with van der Waals surface area (Å²) in [4.78, 5) is 20.7. The predicted octanol–water partition coefficient (Wildman–Crippen LogP) is 1.87. The summed E-state index contributed by atoms with van der Waals surface area (Å²) in [6.07, 6.45) is -2.73. The Balaban J connectivity index is 1.69. The lowest BCUT2D eigenvalue weighted by Crippen LogP contribution is -2.50. The van der Waals surface area contributed by atoms with Crippen LogP contribution in [0.1, 0.15) is 32.1 Å². The highest BCUT2D eigenvalue weighted by molar-refractivity contribution is 5.81. The molecule has 2 heterocycles. The van der Waals surface area contributed by atoms with Gasteiger partial charge in [0.15, 0.2) is 5.96 Å². The van der Waals surface area contributed by atoms with Crippen molar-refractivity contribution in [3.8, 4) is 0 Å². The molecule has 0 aliphatic carbocycles. The molecule has 0 unspecified atom stereocenters. The molecule has 0 aromatic heterocycles. The van der Waals surface area contributed by atoms with Gasteiger partial charge in [-0.1, -0.05) is 0 Å². The number of piperidine rings is 1. The van der Waals surface area contributed by atoms with Crippen molar-refractivity contribution in [3.63, 3.8) is 0 Å². The third-order valence-electron chi connectivity index (χ3n) is 4.85. The number of nitrogens with zero attached hydrogens (tertiary/aromatic N) is 3. The minimum atomic E-state index is -4.09. The summed E-state index contributed by atoms with van der Waals surface area (Å²) in [5.41, 5.74) is 0. The fourth-order valence-corrected chi connectivity index (χ4v) is 3.36. The number of ether oxygens (including phenoxy) is 1. The number of carbonyl (C=O) groups is 1. The second-order valence-corrected chi connectivity index (χ2v) is 6.75. The van der Waals surface area contributed by atoms with Crippen LogP contribution in [0, 0.1) is 5.92 Å². The summed E-state index contributed by atoms with van der Waals surface area (Å²) in [5, 5.41) is 3.13. The van der Waals surface area contributed by atoms with Crippen LogP contribution < -0.4 is 5.32 Å². The second-order valence-electron chi connectivity index (χ2n) is 6.75. The molecule has 6 nitrogen and oxygen atoms in total. The number of likely N-dealkylation sites (tertiary alicyclic amines) is 1. The molecule has 0 radical (unpaired) electrons. The van der Waals surface area contributed by atoms with E-state index >= 15 is 0 Å². The van der Waals surface area contributed by atoms with Crippen LogP contribution in [-0.4, -0.2) is 80.8 Å². The van der Waals surface area contributed by atoms with Crippen molar-refractivity contribution in [1.29, 1.82) is 0 Å². The van der Waals surface area contributed by atoms with Crippen LogP contribution >= 0.6 is 0 Å². The van der Waals surface area contributed by atoms with Crippen LogP contribution in [0.15, 0.2) is 4.99 Å². The first-order valence-corrected chi connectivity index (χ1v) is 9.29. The number of rotatable bonds is 5. The zero-order chi connectivity index (χ0) is 19.0. The Bertz CT molecular complexity index is 471. The van der Waals surface area contributed by atoms with Crippen molar-refractivity contribution in [1.82, 2.24) is 15.1 Å². The van der Waals surface area contributed by atoms with Gasteiger partial charge in [0.1, 0.15) is 0 Å². The van der Waals surface area contributed by atoms with Gasteiger partial charge in [0.2, 0.25) is 5.91 Å². The summed E-state index contributed by atoms with van der Waals surface area (Å²) >= 11 is 0. The lowest BCUT2D eigenvalue weighted by molar-refractivity contribution is -0.141. The van der Waals surface area contributed by atoms with Crippen LogP contribution in [0.2, 0.25) is 0 Å². The van der Waals surface area contributed by atoms with Crippen molar-refractivity contribution >= 4 is 11.9 Å². The molecule has 1 N–H and O–H groups in total. The van der Waals surface area contributed by atoms with Crippen LogP contribution in [0.3, 0.4) is 0 Å². The topological polar surface area (TPSA) is 57.2 Å². The predicted molar refractivity (Wildman–Crippen MR) is 93.0 cm³/mol. The lowest BCUT2D eigenvalue weighted by Gasteiger charge is -2.36. The second kappa shape index (κ2) is 9.99. The molecule has 2 fully saturated rings. The first kappa shape index (κ1) is 20.8. The SMILES string of the molecule is CN=C(NCCCCC(F)(F)F)N1CCC(C(=O)N2CCOCC2)CC1. The van der Waals surface area contributed by atoms with E-state index in [4.69, 9.17) is 4.74 Å². The van der Waals surface area contributed by atoms with Crippen molar-refractivity contribution in [2.45, 2.75) is 38.3 Å². The molecule has 150 valence electrons. The number of guanidine groups is 1. The van der Waals surface area contributed by atoms with Crippen LogP contribution in [0.4, 0.5) is 13.2 Å². The summed E-state index contributed by atoms with van der Waals surface area (Å²) < 4.78 is 41.7. The molecular weight excluding hydrogens is 349 g/mol. The Morgan fingerprint density at radius 2 is 1.77 bits per heavy atom. The highest BCUT2D eigenvalue weighted by atomic mass is 19.4. The number of hydrogen-bond acceptors (Lipinski definition) is 3. The van der Waals surface area contributed by atoms with E-state index in [1.54, 1.807) is 7.05 Å². The van der Waals surface area contributed by atoms with Gasteiger partial charge in [0.25, 0.3) is 0 Å². The van der Waals surface area contributed by atoms with Gasteiger partial charge in [-0.05, 0) is 25.7 Å². The number of aliphatic imine (C=N–C) groups is 1. The minimum absolute atomic E-state index is 0.0363. The maximum absolute atomic E-state index is 12.5. The Kier molecular flexibility index (Phi) is 7.99. The quantitative estimate of drug-likeness (QED) is 0.451. The highest BCUT2D eigenvalue weighted by Crippen LogP contribution is 2.22. The molecule has 0 bridgehead atoms. The molecule has 2 rings (SSSR count). The number of hydrogen-bond donors (Lipinski definition) is 1. The van der Waals surface area contributed by atoms with E-state index in [0.29, 0.717) is 45.2 Å². The molecule has 0 spiro atoms. The number of amides is 1. The van der Waals surface area contributed by atoms with Crippen LogP contribution in [0.5, 0.6) is 0 Å².